The van der Waals surface area contributed by atoms with E-state index in [-0.39, 0.29) is 5.91 Å². The molecule has 0 spiro atoms. The van der Waals surface area contributed by atoms with Gasteiger partial charge >= 0.3 is 0 Å². The van der Waals surface area contributed by atoms with Crippen LogP contribution in [0, 0.1) is 0 Å². The van der Waals surface area contributed by atoms with E-state index in [1.165, 1.54) is 32.1 Å². The fourth-order valence-corrected chi connectivity index (χ4v) is 3.06. The normalized spacial score (nSPS) is 16.3. The topological polar surface area (TPSA) is 47.6 Å². The first-order chi connectivity index (χ1) is 11.2. The number of rotatable bonds is 6. The number of carbonyl (C=O) groups is 1. The van der Waals surface area contributed by atoms with Gasteiger partial charge in [0.15, 0.2) is 11.5 Å². The first kappa shape index (κ1) is 17.6. The quantitative estimate of drug-likeness (QED) is 0.849. The summed E-state index contributed by atoms with van der Waals surface area (Å²) in [6, 6.07) is 5.71. The molecule has 2 rings (SSSR count). The summed E-state index contributed by atoms with van der Waals surface area (Å²) in [7, 11) is 0. The summed E-state index contributed by atoms with van der Waals surface area (Å²) >= 11 is 0. The molecule has 0 radical (unpaired) electrons. The Morgan fingerprint density at radius 1 is 1.00 bits per heavy atom. The van der Waals surface area contributed by atoms with E-state index in [9.17, 15) is 4.79 Å². The first-order valence-electron chi connectivity index (χ1n) is 8.95. The van der Waals surface area contributed by atoms with Crippen molar-refractivity contribution in [2.24, 2.45) is 0 Å². The lowest BCUT2D eigenvalue weighted by Crippen LogP contribution is -2.35. The lowest BCUT2D eigenvalue weighted by molar-refractivity contribution is 0.0930. The van der Waals surface area contributed by atoms with Gasteiger partial charge in [0.25, 0.3) is 5.91 Å². The van der Waals surface area contributed by atoms with Gasteiger partial charge in [-0.15, -0.1) is 0 Å². The van der Waals surface area contributed by atoms with Gasteiger partial charge in [0.1, 0.15) is 0 Å². The molecule has 0 atom stereocenters. The zero-order valence-corrected chi connectivity index (χ0v) is 14.4. The third-order valence-electron chi connectivity index (χ3n) is 4.25. The highest BCUT2D eigenvalue weighted by molar-refractivity contribution is 5.95. The predicted molar refractivity (Wildman–Crippen MR) is 92.4 cm³/mol. The summed E-state index contributed by atoms with van der Waals surface area (Å²) in [6.07, 6.45) is 8.48. The van der Waals surface area contributed by atoms with Crippen LogP contribution in [-0.4, -0.2) is 25.2 Å². The van der Waals surface area contributed by atoms with Gasteiger partial charge < -0.3 is 14.8 Å². The second kappa shape index (κ2) is 9.43. The molecule has 23 heavy (non-hydrogen) atoms. The van der Waals surface area contributed by atoms with E-state index in [1.54, 1.807) is 6.07 Å². The lowest BCUT2D eigenvalue weighted by atomic mass is 9.96. The molecule has 0 saturated heterocycles. The summed E-state index contributed by atoms with van der Waals surface area (Å²) in [5.41, 5.74) is 0.638. The molecule has 4 nitrogen and oxygen atoms in total. The number of benzene rings is 1. The highest BCUT2D eigenvalue weighted by atomic mass is 16.5. The summed E-state index contributed by atoms with van der Waals surface area (Å²) < 4.78 is 11.1. The van der Waals surface area contributed by atoms with Gasteiger partial charge in [-0.2, -0.15) is 0 Å². The summed E-state index contributed by atoms with van der Waals surface area (Å²) in [5, 5.41) is 3.19. The Hall–Kier alpha value is -1.71. The Kier molecular flexibility index (Phi) is 7.24. The van der Waals surface area contributed by atoms with Crippen LogP contribution in [0.4, 0.5) is 0 Å². The smallest absolute Gasteiger partial charge is 0.251 e. The number of hydrogen-bond acceptors (Lipinski definition) is 3. The molecule has 1 N–H and O–H groups in total. The SMILES string of the molecule is CCOc1ccc(C(=O)NC2CCCCCCC2)cc1OCC. The van der Waals surface area contributed by atoms with Crippen LogP contribution in [0.1, 0.15) is 69.2 Å². The first-order valence-corrected chi connectivity index (χ1v) is 8.95. The molecule has 128 valence electrons. The van der Waals surface area contributed by atoms with Crippen molar-refractivity contribution in [2.45, 2.75) is 64.8 Å². The molecular formula is C19H29NO3. The summed E-state index contributed by atoms with van der Waals surface area (Å²) in [4.78, 5) is 12.5. The Morgan fingerprint density at radius 2 is 1.61 bits per heavy atom. The van der Waals surface area contributed by atoms with Gasteiger partial charge in [-0.1, -0.05) is 32.1 Å². The fraction of sp³-hybridized carbons (Fsp3) is 0.632. The highest BCUT2D eigenvalue weighted by Gasteiger charge is 2.17. The van der Waals surface area contributed by atoms with E-state index in [1.807, 2.05) is 26.0 Å². The molecule has 1 aliphatic carbocycles. The van der Waals surface area contributed by atoms with E-state index < -0.39 is 0 Å². The van der Waals surface area contributed by atoms with Crippen molar-refractivity contribution in [1.29, 1.82) is 0 Å². The van der Waals surface area contributed by atoms with Crippen LogP contribution in [0.15, 0.2) is 18.2 Å². The van der Waals surface area contributed by atoms with Crippen molar-refractivity contribution in [3.8, 4) is 11.5 Å². The maximum atomic E-state index is 12.5. The Bertz CT molecular complexity index is 493. The number of hydrogen-bond donors (Lipinski definition) is 1. The molecule has 0 aromatic heterocycles. The lowest BCUT2D eigenvalue weighted by Gasteiger charge is -2.21. The highest BCUT2D eigenvalue weighted by Crippen LogP contribution is 2.28. The third kappa shape index (κ3) is 5.45. The van der Waals surface area contributed by atoms with Crippen LogP contribution in [0.25, 0.3) is 0 Å². The van der Waals surface area contributed by atoms with Gasteiger partial charge in [0.2, 0.25) is 0 Å². The number of nitrogens with one attached hydrogen (secondary N) is 1. The maximum absolute atomic E-state index is 12.5. The molecule has 4 heteroatoms. The third-order valence-corrected chi connectivity index (χ3v) is 4.25. The number of ether oxygens (including phenoxy) is 2. The van der Waals surface area contributed by atoms with E-state index in [0.29, 0.717) is 36.3 Å². The molecule has 1 aliphatic rings. The van der Waals surface area contributed by atoms with Crippen LogP contribution < -0.4 is 14.8 Å². The second-order valence-electron chi connectivity index (χ2n) is 6.04. The van der Waals surface area contributed by atoms with Crippen molar-refractivity contribution >= 4 is 5.91 Å². The molecule has 0 heterocycles. The molecule has 1 fully saturated rings. The minimum Gasteiger partial charge on any atom is -0.490 e. The molecule has 0 aliphatic heterocycles. The van der Waals surface area contributed by atoms with Crippen molar-refractivity contribution in [3.05, 3.63) is 23.8 Å². The molecule has 0 bridgehead atoms. The van der Waals surface area contributed by atoms with Crippen LogP contribution in [0.5, 0.6) is 11.5 Å². The predicted octanol–water partition coefficient (Wildman–Crippen LogP) is 4.33. The van der Waals surface area contributed by atoms with E-state index >= 15 is 0 Å². The fourth-order valence-electron chi connectivity index (χ4n) is 3.06. The van der Waals surface area contributed by atoms with Crippen molar-refractivity contribution < 1.29 is 14.3 Å². The molecule has 1 aromatic carbocycles. The largest absolute Gasteiger partial charge is 0.490 e. The monoisotopic (exact) mass is 319 g/mol. The van der Waals surface area contributed by atoms with Crippen LogP contribution in [0.2, 0.25) is 0 Å². The average Bonchev–Trinajstić information content (AvgIpc) is 2.52. The van der Waals surface area contributed by atoms with Gasteiger partial charge in [-0.05, 0) is 44.9 Å². The van der Waals surface area contributed by atoms with Gasteiger partial charge in [0, 0.05) is 11.6 Å². The number of carbonyl (C=O) groups excluding carboxylic acids is 1. The minimum absolute atomic E-state index is 0.0143. The van der Waals surface area contributed by atoms with Crippen molar-refractivity contribution in [3.63, 3.8) is 0 Å². The maximum Gasteiger partial charge on any atom is 0.251 e. The minimum atomic E-state index is -0.0143. The van der Waals surface area contributed by atoms with Crippen LogP contribution >= 0.6 is 0 Å². The average molecular weight is 319 g/mol. The van der Waals surface area contributed by atoms with Crippen LogP contribution in [0.3, 0.4) is 0 Å². The van der Waals surface area contributed by atoms with Gasteiger partial charge in [-0.25, -0.2) is 0 Å². The summed E-state index contributed by atoms with van der Waals surface area (Å²) in [5.74, 6) is 1.32. The molecule has 1 saturated carbocycles. The zero-order chi connectivity index (χ0) is 16.5. The molecule has 1 amide bonds. The van der Waals surface area contributed by atoms with Crippen molar-refractivity contribution in [2.75, 3.05) is 13.2 Å². The number of amides is 1. The zero-order valence-electron chi connectivity index (χ0n) is 14.4. The van der Waals surface area contributed by atoms with E-state index in [0.717, 1.165) is 12.8 Å². The molecule has 0 unspecified atom stereocenters. The Balaban J connectivity index is 2.03. The Morgan fingerprint density at radius 3 is 2.26 bits per heavy atom. The standard InChI is InChI=1S/C19H29NO3/c1-3-22-17-13-12-15(14-18(17)23-4-2)19(21)20-16-10-8-6-5-7-9-11-16/h12-14,16H,3-11H2,1-2H3,(H,20,21). The summed E-state index contributed by atoms with van der Waals surface area (Å²) in [6.45, 7) is 4.99. The van der Waals surface area contributed by atoms with Crippen molar-refractivity contribution in [1.82, 2.24) is 5.32 Å². The van der Waals surface area contributed by atoms with Gasteiger partial charge in [-0.3, -0.25) is 4.79 Å². The molecule has 1 aromatic rings. The molecular weight excluding hydrogens is 290 g/mol. The second-order valence-corrected chi connectivity index (χ2v) is 6.04. The Labute approximate surface area is 139 Å². The van der Waals surface area contributed by atoms with E-state index in [2.05, 4.69) is 5.32 Å². The van der Waals surface area contributed by atoms with E-state index in [4.69, 9.17) is 9.47 Å². The van der Waals surface area contributed by atoms with Gasteiger partial charge in [0.05, 0.1) is 13.2 Å². The van der Waals surface area contributed by atoms with Crippen LogP contribution in [-0.2, 0) is 0 Å².